The van der Waals surface area contributed by atoms with Crippen molar-refractivity contribution in [1.29, 1.82) is 0 Å². The number of nitrogens with zero attached hydrogens (tertiary/aromatic N) is 4. The van der Waals surface area contributed by atoms with Gasteiger partial charge in [-0.05, 0) is 52.0 Å². The Labute approximate surface area is 220 Å². The maximum atomic E-state index is 3.32. The monoisotopic (exact) mass is 720 g/mol. The average molecular weight is 724 g/mol. The van der Waals surface area contributed by atoms with E-state index in [2.05, 4.69) is 135 Å². The van der Waals surface area contributed by atoms with Crippen molar-refractivity contribution in [3.63, 3.8) is 0 Å². The Kier molecular flexibility index (Phi) is 14.1. The average Bonchev–Trinajstić information content (AvgIpc) is 3.32. The van der Waals surface area contributed by atoms with Crippen LogP contribution in [0.5, 0.6) is 0 Å². The SMILES string of the molecule is CCN1[C]N(CC)c2ccccc21.CCN1[C]N(CC)c2ccccc21.[Ag+].[Br][Ag-][Br]. The molecule has 0 fully saturated rings. The molecule has 0 unspecified atom stereocenters. The van der Waals surface area contributed by atoms with Crippen LogP contribution in [0, 0.1) is 13.3 Å². The third-order valence-electron chi connectivity index (χ3n) is 4.67. The zero-order valence-electron chi connectivity index (χ0n) is 17.6. The first-order valence-electron chi connectivity index (χ1n) is 9.76. The molecule has 2 aromatic rings. The van der Waals surface area contributed by atoms with Gasteiger partial charge in [-0.2, -0.15) is 0 Å². The van der Waals surface area contributed by atoms with E-state index in [9.17, 15) is 0 Å². The summed E-state index contributed by atoms with van der Waals surface area (Å²) in [4.78, 5) is 8.61. The van der Waals surface area contributed by atoms with E-state index in [4.69, 9.17) is 0 Å². The first-order chi connectivity index (χ1) is 14.1. The van der Waals surface area contributed by atoms with Crippen LogP contribution < -0.4 is 19.6 Å². The number of hydrogen-bond acceptors (Lipinski definition) is 4. The number of halogens is 2. The summed E-state index contributed by atoms with van der Waals surface area (Å²) >= 11 is 6.88. The number of fused-ring (bicyclic) bond motifs is 2. The molecule has 2 aromatic carbocycles. The second-order valence-electron chi connectivity index (χ2n) is 6.20. The number of benzene rings is 2. The molecular weight excluding hydrogens is 696 g/mol. The second kappa shape index (κ2) is 15.0. The van der Waals surface area contributed by atoms with Gasteiger partial charge in [0, 0.05) is 26.2 Å². The molecular formula is C22H28Ag2Br2N4. The van der Waals surface area contributed by atoms with Gasteiger partial charge in [-0.3, -0.25) is 0 Å². The van der Waals surface area contributed by atoms with Gasteiger partial charge in [-0.1, -0.05) is 24.3 Å². The van der Waals surface area contributed by atoms with E-state index in [0.717, 1.165) is 26.2 Å². The van der Waals surface area contributed by atoms with Crippen LogP contribution in [-0.2, 0) is 37.9 Å². The Bertz CT molecular complexity index is 631. The zero-order valence-corrected chi connectivity index (χ0v) is 23.7. The van der Waals surface area contributed by atoms with Gasteiger partial charge >= 0.3 is 63.9 Å². The molecule has 0 N–H and O–H groups in total. The molecule has 4 rings (SSSR count). The molecule has 8 heteroatoms. The Morgan fingerprint density at radius 3 is 0.967 bits per heavy atom. The number of rotatable bonds is 4. The second-order valence-corrected chi connectivity index (χ2v) is 13.0. The molecule has 0 saturated heterocycles. The third kappa shape index (κ3) is 7.04. The van der Waals surface area contributed by atoms with Crippen LogP contribution in [0.1, 0.15) is 27.7 Å². The molecule has 0 aromatic heterocycles. The topological polar surface area (TPSA) is 13.0 Å². The summed E-state index contributed by atoms with van der Waals surface area (Å²) in [7, 11) is 0. The van der Waals surface area contributed by atoms with Crippen molar-refractivity contribution >= 4 is 48.8 Å². The third-order valence-corrected chi connectivity index (χ3v) is 4.67. The first kappa shape index (κ1) is 28.1. The van der Waals surface area contributed by atoms with Crippen molar-refractivity contribution in [3.8, 4) is 0 Å². The quantitative estimate of drug-likeness (QED) is 0.340. The predicted molar refractivity (Wildman–Crippen MR) is 129 cm³/mol. The van der Waals surface area contributed by atoms with Gasteiger partial charge in [-0.25, -0.2) is 0 Å². The molecule has 0 spiro atoms. The van der Waals surface area contributed by atoms with Gasteiger partial charge in [-0.15, -0.1) is 0 Å². The van der Waals surface area contributed by atoms with E-state index >= 15 is 0 Å². The van der Waals surface area contributed by atoms with Crippen LogP contribution in [0.2, 0.25) is 0 Å². The summed E-state index contributed by atoms with van der Waals surface area (Å²) in [6.45, 7) is 19.1. The van der Waals surface area contributed by atoms with Gasteiger partial charge in [0.25, 0.3) is 0 Å². The molecule has 0 atom stereocenters. The molecule has 0 saturated carbocycles. The van der Waals surface area contributed by atoms with E-state index in [1.807, 2.05) is 0 Å². The fourth-order valence-electron chi connectivity index (χ4n) is 3.31. The van der Waals surface area contributed by atoms with Crippen LogP contribution >= 0.6 is 26.0 Å². The van der Waals surface area contributed by atoms with Gasteiger partial charge in [0.05, 0.1) is 22.7 Å². The van der Waals surface area contributed by atoms with E-state index in [1.54, 1.807) is 0 Å². The predicted octanol–water partition coefficient (Wildman–Crippen LogP) is 6.38. The van der Waals surface area contributed by atoms with Crippen LogP contribution in [0.3, 0.4) is 0 Å². The van der Waals surface area contributed by atoms with Crippen LogP contribution in [0.4, 0.5) is 22.7 Å². The minimum absolute atomic E-state index is 0. The van der Waals surface area contributed by atoms with Crippen molar-refractivity contribution < 1.29 is 37.9 Å². The van der Waals surface area contributed by atoms with E-state index in [1.165, 1.54) is 22.7 Å². The summed E-state index contributed by atoms with van der Waals surface area (Å²) in [5.41, 5.74) is 5.08. The molecule has 4 nitrogen and oxygen atoms in total. The summed E-state index contributed by atoms with van der Waals surface area (Å²) < 4.78 is 0. The maximum absolute atomic E-state index is 3.32. The van der Waals surface area contributed by atoms with E-state index in [-0.39, 0.29) is 22.4 Å². The summed E-state index contributed by atoms with van der Waals surface area (Å²) in [5, 5.41) is 0. The normalized spacial score (nSPS) is 13.7. The van der Waals surface area contributed by atoms with Crippen molar-refractivity contribution in [1.82, 2.24) is 0 Å². The molecule has 2 heterocycles. The van der Waals surface area contributed by atoms with Gasteiger partial charge in [0.15, 0.2) is 0 Å². The molecule has 4 radical (unpaired) electrons. The van der Waals surface area contributed by atoms with Crippen LogP contribution in [0.25, 0.3) is 0 Å². The molecule has 30 heavy (non-hydrogen) atoms. The fraction of sp³-hybridized carbons (Fsp3) is 0.364. The van der Waals surface area contributed by atoms with Crippen molar-refractivity contribution in [2.45, 2.75) is 27.7 Å². The van der Waals surface area contributed by atoms with Gasteiger partial charge < -0.3 is 19.6 Å². The van der Waals surface area contributed by atoms with Gasteiger partial charge in [0.2, 0.25) is 13.3 Å². The molecule has 0 bridgehead atoms. The fourth-order valence-corrected chi connectivity index (χ4v) is 3.31. The molecule has 172 valence electrons. The Morgan fingerprint density at radius 1 is 0.600 bits per heavy atom. The number of para-hydroxylation sites is 4. The number of anilines is 4. The summed E-state index contributed by atoms with van der Waals surface area (Å²) in [6.07, 6.45) is 0. The molecule has 2 aliphatic rings. The molecule has 0 amide bonds. The van der Waals surface area contributed by atoms with Gasteiger partial charge in [0.1, 0.15) is 0 Å². The Hall–Kier alpha value is 0.0805. The van der Waals surface area contributed by atoms with E-state index < -0.39 is 0 Å². The number of hydrogen-bond donors (Lipinski definition) is 0. The van der Waals surface area contributed by atoms with Crippen molar-refractivity contribution in [3.05, 3.63) is 61.9 Å². The van der Waals surface area contributed by atoms with E-state index in [0.29, 0.717) is 15.5 Å². The van der Waals surface area contributed by atoms with Crippen molar-refractivity contribution in [2.75, 3.05) is 45.8 Å². The summed E-state index contributed by atoms with van der Waals surface area (Å²) in [6, 6.07) is 16.8. The van der Waals surface area contributed by atoms with Crippen molar-refractivity contribution in [2.24, 2.45) is 0 Å². The first-order valence-corrected chi connectivity index (χ1v) is 16.5. The molecule has 2 aliphatic heterocycles. The minimum atomic E-state index is 0. The summed E-state index contributed by atoms with van der Waals surface area (Å²) in [5.74, 6) is 0. The van der Waals surface area contributed by atoms with Crippen LogP contribution in [0.15, 0.2) is 48.5 Å². The van der Waals surface area contributed by atoms with Crippen LogP contribution in [-0.4, -0.2) is 26.2 Å². The molecule has 0 aliphatic carbocycles. The Balaban J connectivity index is 0.000000258. The zero-order chi connectivity index (χ0) is 21.2. The Morgan fingerprint density at radius 2 is 0.800 bits per heavy atom. The standard InChI is InChI=1S/2C11H14N2.2Ag.2BrH/c2*1-3-12-9-13(4-2)11-8-6-5-7-10(11)12;;;;/h2*5-8H,3-4H2,1-2H3;;;2*1H/q;;2*+1;;/p-2.